The van der Waals surface area contributed by atoms with Crippen LogP contribution in [0.3, 0.4) is 0 Å². The fourth-order valence-electron chi connectivity index (χ4n) is 9.87. The number of carbonyl (C=O) groups is 4. The second-order valence-electron chi connectivity index (χ2n) is 25.2. The molecular weight excluding hydrogens is 1160 g/mol. The lowest BCUT2D eigenvalue weighted by Crippen LogP contribution is -2.30. The van der Waals surface area contributed by atoms with Gasteiger partial charge in [-0.2, -0.15) is 0 Å². The van der Waals surface area contributed by atoms with Crippen LogP contribution in [0.4, 0.5) is 0 Å². The number of unbranched alkanes of at least 4 members (excludes halogenated alkanes) is 33. The van der Waals surface area contributed by atoms with Crippen molar-refractivity contribution in [3.05, 3.63) is 24.3 Å². The Morgan fingerprint density at radius 3 is 0.932 bits per heavy atom. The molecule has 0 aromatic rings. The number of carbonyl (C=O) groups excluding carboxylic acids is 4. The van der Waals surface area contributed by atoms with Crippen LogP contribution in [0.1, 0.15) is 324 Å². The third-order valence-electron chi connectivity index (χ3n) is 15.3. The van der Waals surface area contributed by atoms with Gasteiger partial charge in [0, 0.05) is 25.7 Å². The molecule has 0 bridgehead atoms. The van der Waals surface area contributed by atoms with Gasteiger partial charge in [0.05, 0.1) is 26.4 Å². The summed E-state index contributed by atoms with van der Waals surface area (Å²) < 4.78 is 68.0. The van der Waals surface area contributed by atoms with Crippen molar-refractivity contribution in [1.29, 1.82) is 0 Å². The molecule has 0 aliphatic rings. The number of esters is 4. The van der Waals surface area contributed by atoms with Crippen molar-refractivity contribution in [3.8, 4) is 0 Å². The Bertz CT molecular complexity index is 1810. The molecule has 0 aromatic heterocycles. The van der Waals surface area contributed by atoms with Gasteiger partial charge in [-0.3, -0.25) is 37.3 Å². The normalized spacial score (nSPS) is 14.4. The van der Waals surface area contributed by atoms with E-state index in [0.717, 1.165) is 121 Å². The summed E-state index contributed by atoms with van der Waals surface area (Å²) in [7, 11) is -9.90. The first-order valence-corrected chi connectivity index (χ1v) is 38.3. The Hall–Kier alpha value is -2.46. The fraction of sp³-hybridized carbons (Fsp3) is 0.884. The number of rotatable bonds is 66. The van der Waals surface area contributed by atoms with E-state index in [1.807, 2.05) is 0 Å². The van der Waals surface area contributed by atoms with Crippen molar-refractivity contribution in [3.63, 3.8) is 0 Å². The van der Waals surface area contributed by atoms with Crippen molar-refractivity contribution in [2.75, 3.05) is 39.6 Å². The van der Waals surface area contributed by atoms with Crippen LogP contribution in [-0.2, 0) is 65.4 Å². The minimum absolute atomic E-state index is 0.0848. The van der Waals surface area contributed by atoms with E-state index in [0.29, 0.717) is 25.7 Å². The largest absolute Gasteiger partial charge is 0.472 e. The lowest BCUT2D eigenvalue weighted by Gasteiger charge is -2.21. The van der Waals surface area contributed by atoms with Crippen molar-refractivity contribution >= 4 is 39.5 Å². The van der Waals surface area contributed by atoms with E-state index in [1.54, 1.807) is 0 Å². The first-order valence-electron chi connectivity index (χ1n) is 35.3. The van der Waals surface area contributed by atoms with Gasteiger partial charge in [-0.1, -0.05) is 271 Å². The zero-order chi connectivity index (χ0) is 65.0. The molecule has 0 saturated heterocycles. The maximum Gasteiger partial charge on any atom is 0.472 e. The van der Waals surface area contributed by atoms with E-state index in [2.05, 4.69) is 65.8 Å². The molecular formula is C69H130O17P2. The highest BCUT2D eigenvalue weighted by atomic mass is 31.2. The predicted molar refractivity (Wildman–Crippen MR) is 354 cm³/mol. The minimum atomic E-state index is -4.96. The number of hydrogen-bond donors (Lipinski definition) is 3. The summed E-state index contributed by atoms with van der Waals surface area (Å²) in [6.45, 7) is 9.38. The summed E-state index contributed by atoms with van der Waals surface area (Å²) in [6, 6.07) is 0. The molecule has 3 N–H and O–H groups in total. The van der Waals surface area contributed by atoms with Crippen LogP contribution >= 0.6 is 15.6 Å². The summed E-state index contributed by atoms with van der Waals surface area (Å²) in [5.41, 5.74) is 0. The molecule has 0 saturated carbocycles. The quantitative estimate of drug-likeness (QED) is 0.0169. The van der Waals surface area contributed by atoms with Crippen LogP contribution in [0.15, 0.2) is 24.3 Å². The smallest absolute Gasteiger partial charge is 0.462 e. The predicted octanol–water partition coefficient (Wildman–Crippen LogP) is 19.2. The Morgan fingerprint density at radius 1 is 0.352 bits per heavy atom. The fourth-order valence-corrected chi connectivity index (χ4v) is 11.5. The average molecular weight is 1290 g/mol. The van der Waals surface area contributed by atoms with Gasteiger partial charge in [-0.25, -0.2) is 9.13 Å². The molecule has 0 heterocycles. The van der Waals surface area contributed by atoms with E-state index < -0.39 is 97.5 Å². The highest BCUT2D eigenvalue weighted by Gasteiger charge is 2.30. The van der Waals surface area contributed by atoms with E-state index in [-0.39, 0.29) is 25.7 Å². The van der Waals surface area contributed by atoms with Gasteiger partial charge in [-0.05, 0) is 63.2 Å². The van der Waals surface area contributed by atoms with Crippen LogP contribution in [0.5, 0.6) is 0 Å². The first-order chi connectivity index (χ1) is 42.4. The van der Waals surface area contributed by atoms with Gasteiger partial charge in [0.2, 0.25) is 0 Å². The van der Waals surface area contributed by atoms with E-state index in [4.69, 9.17) is 37.0 Å². The number of allylic oxidation sites excluding steroid dienone is 4. The molecule has 0 aromatic carbocycles. The Kier molecular flexibility index (Phi) is 59.1. The van der Waals surface area contributed by atoms with Crippen LogP contribution < -0.4 is 0 Å². The number of ether oxygens (including phenoxy) is 4. The zero-order valence-corrected chi connectivity index (χ0v) is 58.3. The summed E-state index contributed by atoms with van der Waals surface area (Å²) in [5, 5.41) is 10.5. The minimum Gasteiger partial charge on any atom is -0.462 e. The molecule has 0 radical (unpaired) electrons. The number of aliphatic hydroxyl groups is 1. The summed E-state index contributed by atoms with van der Waals surface area (Å²) >= 11 is 0. The zero-order valence-electron chi connectivity index (χ0n) is 56.5. The van der Waals surface area contributed by atoms with Gasteiger partial charge in [0.1, 0.15) is 19.3 Å². The maximum absolute atomic E-state index is 13.0. The van der Waals surface area contributed by atoms with Gasteiger partial charge in [0.25, 0.3) is 0 Å². The second kappa shape index (κ2) is 60.8. The standard InChI is InChI=1S/C69H130O17P2/c1-7-9-11-13-14-15-16-17-18-19-24-30-35-41-47-53-69(74)86-65(58-80-67(72)52-46-40-34-29-23-21-20-22-27-32-38-43-49-61(3)4)60-84-88(77,78)82-56-63(70)55-81-87(75,76)83-59-64(57-79-66(71)51-45-37-12-10-8-2)85-68(73)54-48-42-36-31-26-25-28-33-39-44-50-62(5)6/h15-18,61-65,70H,7-14,19-60H2,1-6H3,(H,75,76)(H,77,78)/b16-15-,18-17-/t63-,64+,65+/m0/s1. The van der Waals surface area contributed by atoms with Crippen LogP contribution in [-0.4, -0.2) is 96.7 Å². The highest BCUT2D eigenvalue weighted by Crippen LogP contribution is 2.45. The Morgan fingerprint density at radius 2 is 0.614 bits per heavy atom. The van der Waals surface area contributed by atoms with Gasteiger partial charge in [-0.15, -0.1) is 0 Å². The Balaban J connectivity index is 5.21. The molecule has 0 aliphatic carbocycles. The summed E-state index contributed by atoms with van der Waals surface area (Å²) in [6.07, 6.45) is 48.4. The number of aliphatic hydroxyl groups excluding tert-OH is 1. The van der Waals surface area contributed by atoms with Crippen molar-refractivity contribution in [2.24, 2.45) is 11.8 Å². The maximum atomic E-state index is 13.0. The molecule has 88 heavy (non-hydrogen) atoms. The molecule has 0 aliphatic heterocycles. The van der Waals surface area contributed by atoms with Gasteiger partial charge >= 0.3 is 39.5 Å². The van der Waals surface area contributed by atoms with Gasteiger partial charge < -0.3 is 33.8 Å². The van der Waals surface area contributed by atoms with E-state index in [1.165, 1.54) is 122 Å². The lowest BCUT2D eigenvalue weighted by molar-refractivity contribution is -0.161. The molecule has 0 rings (SSSR count). The second-order valence-corrected chi connectivity index (χ2v) is 28.1. The van der Waals surface area contributed by atoms with E-state index in [9.17, 15) is 43.2 Å². The third kappa shape index (κ3) is 62.4. The molecule has 17 nitrogen and oxygen atoms in total. The number of phosphoric ester groups is 2. The molecule has 518 valence electrons. The molecule has 5 atom stereocenters. The Labute approximate surface area is 535 Å². The van der Waals surface area contributed by atoms with Crippen LogP contribution in [0.2, 0.25) is 0 Å². The van der Waals surface area contributed by atoms with E-state index >= 15 is 0 Å². The molecule has 0 spiro atoms. The number of hydrogen-bond acceptors (Lipinski definition) is 15. The van der Waals surface area contributed by atoms with Crippen LogP contribution in [0.25, 0.3) is 0 Å². The summed E-state index contributed by atoms with van der Waals surface area (Å²) in [5.74, 6) is -0.637. The van der Waals surface area contributed by atoms with Crippen molar-refractivity contribution in [1.82, 2.24) is 0 Å². The van der Waals surface area contributed by atoms with Crippen LogP contribution in [0, 0.1) is 11.8 Å². The molecule has 2 unspecified atom stereocenters. The third-order valence-corrected chi connectivity index (χ3v) is 17.2. The molecule has 19 heteroatoms. The molecule has 0 amide bonds. The first kappa shape index (κ1) is 85.5. The van der Waals surface area contributed by atoms with Crippen molar-refractivity contribution in [2.45, 2.75) is 342 Å². The van der Waals surface area contributed by atoms with Gasteiger partial charge in [0.15, 0.2) is 12.2 Å². The van der Waals surface area contributed by atoms with Crippen molar-refractivity contribution < 1.29 is 80.2 Å². The number of phosphoric acid groups is 2. The monoisotopic (exact) mass is 1290 g/mol. The average Bonchev–Trinajstić information content (AvgIpc) is 3.59. The summed E-state index contributed by atoms with van der Waals surface area (Å²) in [4.78, 5) is 72.2. The highest BCUT2D eigenvalue weighted by molar-refractivity contribution is 7.47. The lowest BCUT2D eigenvalue weighted by atomic mass is 10.0. The SMILES string of the molecule is CCCCCC/C=C\C=C/CCCCCCCC(=O)O[C@H](COC(=O)CCCCCCCCCCCCCCC(C)C)COP(=O)(O)OC[C@@H](O)COP(=O)(O)OC[C@@H](COC(=O)CCCCCCC)OC(=O)CCCCCCCCCCCCC(C)C. The topological polar surface area (TPSA) is 237 Å². The molecule has 0 fully saturated rings.